The van der Waals surface area contributed by atoms with Gasteiger partial charge in [-0.25, -0.2) is 4.98 Å². The van der Waals surface area contributed by atoms with Gasteiger partial charge in [-0.2, -0.15) is 0 Å². The van der Waals surface area contributed by atoms with Crippen LogP contribution in [0.25, 0.3) is 0 Å². The molecular formula is C14H13N3O. The Kier molecular flexibility index (Phi) is 2.48. The Labute approximate surface area is 105 Å². The topological polar surface area (TPSA) is 60.5 Å². The molecule has 2 heterocycles. The Morgan fingerprint density at radius 2 is 2.11 bits per heavy atom. The molecule has 0 saturated carbocycles. The molecule has 2 aromatic rings. The number of ether oxygens (including phenoxy) is 1. The normalized spacial score (nSPS) is 13.1. The van der Waals surface area contributed by atoms with E-state index in [2.05, 4.69) is 9.98 Å². The van der Waals surface area contributed by atoms with E-state index < -0.39 is 0 Å². The minimum Gasteiger partial charge on any atom is -0.481 e. The number of rotatable bonds is 2. The van der Waals surface area contributed by atoms with Crippen molar-refractivity contribution in [3.8, 4) is 5.88 Å². The maximum atomic E-state index is 5.83. The first-order valence-corrected chi connectivity index (χ1v) is 5.71. The van der Waals surface area contributed by atoms with Crippen LogP contribution >= 0.6 is 0 Å². The number of methoxy groups -OCH3 is 1. The number of aliphatic imine (C=N–C) groups is 1. The summed E-state index contributed by atoms with van der Waals surface area (Å²) < 4.78 is 5.05. The third-order valence-corrected chi connectivity index (χ3v) is 3.02. The van der Waals surface area contributed by atoms with Gasteiger partial charge < -0.3 is 10.5 Å². The van der Waals surface area contributed by atoms with Crippen LogP contribution in [0.15, 0.2) is 41.5 Å². The molecule has 0 radical (unpaired) electrons. The van der Waals surface area contributed by atoms with Gasteiger partial charge in [0.05, 0.1) is 19.4 Å². The fourth-order valence-electron chi connectivity index (χ4n) is 2.09. The Morgan fingerprint density at radius 3 is 2.83 bits per heavy atom. The number of pyridine rings is 1. The summed E-state index contributed by atoms with van der Waals surface area (Å²) in [5.41, 5.74) is 10.8. The Morgan fingerprint density at radius 1 is 1.22 bits per heavy atom. The van der Waals surface area contributed by atoms with Crippen molar-refractivity contribution in [2.75, 3.05) is 12.8 Å². The van der Waals surface area contributed by atoms with E-state index in [1.54, 1.807) is 13.3 Å². The van der Waals surface area contributed by atoms with Gasteiger partial charge >= 0.3 is 0 Å². The third kappa shape index (κ3) is 1.72. The largest absolute Gasteiger partial charge is 0.481 e. The van der Waals surface area contributed by atoms with Crippen molar-refractivity contribution in [3.63, 3.8) is 0 Å². The van der Waals surface area contributed by atoms with Gasteiger partial charge in [-0.3, -0.25) is 4.99 Å². The van der Waals surface area contributed by atoms with Crippen LogP contribution in [0, 0.1) is 0 Å². The van der Waals surface area contributed by atoms with Crippen molar-refractivity contribution >= 4 is 11.4 Å². The molecule has 0 saturated heterocycles. The van der Waals surface area contributed by atoms with Gasteiger partial charge in [0.25, 0.3) is 0 Å². The monoisotopic (exact) mass is 239 g/mol. The van der Waals surface area contributed by atoms with Crippen LogP contribution in [0.3, 0.4) is 0 Å². The average Bonchev–Trinajstić information content (AvgIpc) is 2.82. The van der Waals surface area contributed by atoms with Crippen molar-refractivity contribution in [1.29, 1.82) is 0 Å². The SMILES string of the molecule is COc1ccc(C2=NCc3ccc(N)cc32)cn1. The maximum absolute atomic E-state index is 5.83. The van der Waals surface area contributed by atoms with Crippen LogP contribution in [0.4, 0.5) is 5.69 Å². The molecule has 0 unspecified atom stereocenters. The average molecular weight is 239 g/mol. The number of nitrogen functional groups attached to an aromatic ring is 1. The molecule has 3 rings (SSSR count). The van der Waals surface area contributed by atoms with Crippen molar-refractivity contribution in [2.24, 2.45) is 4.99 Å². The van der Waals surface area contributed by atoms with Crippen LogP contribution in [0.2, 0.25) is 0 Å². The van der Waals surface area contributed by atoms with Gasteiger partial charge in [-0.05, 0) is 23.8 Å². The third-order valence-electron chi connectivity index (χ3n) is 3.02. The number of anilines is 1. The predicted octanol–water partition coefficient (Wildman–Crippen LogP) is 2.02. The summed E-state index contributed by atoms with van der Waals surface area (Å²) in [6, 6.07) is 9.69. The van der Waals surface area contributed by atoms with E-state index in [0.29, 0.717) is 12.4 Å². The van der Waals surface area contributed by atoms with E-state index >= 15 is 0 Å². The summed E-state index contributed by atoms with van der Waals surface area (Å²) in [5.74, 6) is 0.602. The second-order valence-corrected chi connectivity index (χ2v) is 4.17. The highest BCUT2D eigenvalue weighted by Gasteiger charge is 2.17. The number of nitrogens with two attached hydrogens (primary N) is 1. The number of nitrogens with zero attached hydrogens (tertiary/aromatic N) is 2. The van der Waals surface area contributed by atoms with Crippen LogP contribution in [0.1, 0.15) is 16.7 Å². The van der Waals surface area contributed by atoms with Gasteiger partial charge in [-0.1, -0.05) is 6.07 Å². The van der Waals surface area contributed by atoms with E-state index in [-0.39, 0.29) is 0 Å². The van der Waals surface area contributed by atoms with E-state index in [1.807, 2.05) is 30.3 Å². The zero-order valence-electron chi connectivity index (χ0n) is 10.1. The van der Waals surface area contributed by atoms with Crippen molar-refractivity contribution in [3.05, 3.63) is 53.2 Å². The maximum Gasteiger partial charge on any atom is 0.212 e. The highest BCUT2D eigenvalue weighted by molar-refractivity contribution is 6.15. The van der Waals surface area contributed by atoms with Crippen molar-refractivity contribution in [2.45, 2.75) is 6.54 Å². The second-order valence-electron chi connectivity index (χ2n) is 4.17. The van der Waals surface area contributed by atoms with Crippen molar-refractivity contribution in [1.82, 2.24) is 4.98 Å². The molecule has 18 heavy (non-hydrogen) atoms. The molecular weight excluding hydrogens is 226 g/mol. The van der Waals surface area contributed by atoms with Crippen LogP contribution in [-0.2, 0) is 6.54 Å². The lowest BCUT2D eigenvalue weighted by Crippen LogP contribution is -2.02. The van der Waals surface area contributed by atoms with Crippen LogP contribution in [-0.4, -0.2) is 17.8 Å². The molecule has 1 aromatic heterocycles. The smallest absolute Gasteiger partial charge is 0.212 e. The lowest BCUT2D eigenvalue weighted by Gasteiger charge is -2.05. The standard InChI is InChI=1S/C14H13N3O/c1-18-13-5-3-10(8-16-13)14-12-6-11(15)4-2-9(12)7-17-14/h2-6,8H,7,15H2,1H3. The predicted molar refractivity (Wildman–Crippen MR) is 71.0 cm³/mol. The molecule has 4 nitrogen and oxygen atoms in total. The first-order valence-electron chi connectivity index (χ1n) is 5.71. The second kappa shape index (κ2) is 4.14. The molecule has 90 valence electrons. The number of aromatic nitrogens is 1. The molecule has 0 spiro atoms. The number of hydrogen-bond donors (Lipinski definition) is 1. The highest BCUT2D eigenvalue weighted by atomic mass is 16.5. The Hall–Kier alpha value is -2.36. The van der Waals surface area contributed by atoms with Gasteiger partial charge in [0.2, 0.25) is 5.88 Å². The number of benzene rings is 1. The van der Waals surface area contributed by atoms with E-state index in [0.717, 1.165) is 22.5 Å². The molecule has 1 aliphatic rings. The fraction of sp³-hybridized carbons (Fsp3) is 0.143. The van der Waals surface area contributed by atoms with Crippen LogP contribution in [0.5, 0.6) is 5.88 Å². The molecule has 0 atom stereocenters. The van der Waals surface area contributed by atoms with E-state index in [9.17, 15) is 0 Å². The quantitative estimate of drug-likeness (QED) is 0.815. The summed E-state index contributed by atoms with van der Waals surface area (Å²) in [6.45, 7) is 0.705. The minimum atomic E-state index is 0.602. The zero-order chi connectivity index (χ0) is 12.5. The lowest BCUT2D eigenvalue weighted by molar-refractivity contribution is 0.398. The summed E-state index contributed by atoms with van der Waals surface area (Å²) in [6.07, 6.45) is 1.77. The van der Waals surface area contributed by atoms with Gasteiger partial charge in [0, 0.05) is 29.1 Å². The molecule has 1 aliphatic heterocycles. The first kappa shape index (κ1) is 10.8. The fourth-order valence-corrected chi connectivity index (χ4v) is 2.09. The first-order chi connectivity index (χ1) is 8.78. The Balaban J connectivity index is 2.02. The molecule has 0 bridgehead atoms. The minimum absolute atomic E-state index is 0.602. The highest BCUT2D eigenvalue weighted by Crippen LogP contribution is 2.25. The molecule has 1 aromatic carbocycles. The van der Waals surface area contributed by atoms with Gasteiger partial charge in [0.15, 0.2) is 0 Å². The number of hydrogen-bond acceptors (Lipinski definition) is 4. The van der Waals surface area contributed by atoms with Crippen molar-refractivity contribution < 1.29 is 4.74 Å². The summed E-state index contributed by atoms with van der Waals surface area (Å²) in [7, 11) is 1.60. The molecule has 0 aliphatic carbocycles. The zero-order valence-corrected chi connectivity index (χ0v) is 10.1. The van der Waals surface area contributed by atoms with E-state index in [4.69, 9.17) is 10.5 Å². The van der Waals surface area contributed by atoms with E-state index in [1.165, 1.54) is 5.56 Å². The summed E-state index contributed by atoms with van der Waals surface area (Å²) >= 11 is 0. The molecule has 0 fully saturated rings. The molecule has 0 amide bonds. The Bertz CT molecular complexity index is 617. The lowest BCUT2D eigenvalue weighted by atomic mass is 10.0. The van der Waals surface area contributed by atoms with Gasteiger partial charge in [-0.15, -0.1) is 0 Å². The summed E-state index contributed by atoms with van der Waals surface area (Å²) in [5, 5.41) is 0. The molecule has 4 heteroatoms. The van der Waals surface area contributed by atoms with Crippen LogP contribution < -0.4 is 10.5 Å². The van der Waals surface area contributed by atoms with Gasteiger partial charge in [0.1, 0.15) is 0 Å². The summed E-state index contributed by atoms with van der Waals surface area (Å²) in [4.78, 5) is 8.75. The molecule has 2 N–H and O–H groups in total. The number of fused-ring (bicyclic) bond motifs is 1.